The van der Waals surface area contributed by atoms with E-state index in [1.165, 1.54) is 7.05 Å². The van der Waals surface area contributed by atoms with Gasteiger partial charge >= 0.3 is 26.0 Å². The predicted molar refractivity (Wildman–Crippen MR) is 143 cm³/mol. The van der Waals surface area contributed by atoms with Crippen molar-refractivity contribution in [2.45, 2.75) is 87.7 Å². The number of nitrogens with zero attached hydrogens (tertiary/aromatic N) is 2. The van der Waals surface area contributed by atoms with E-state index >= 15 is 0 Å². The average molecular weight is 584 g/mol. The molecule has 0 amide bonds. The minimum atomic E-state index is -4.75. The Morgan fingerprint density at radius 1 is 0.821 bits per heavy atom. The van der Waals surface area contributed by atoms with Crippen molar-refractivity contribution < 1.29 is 51.7 Å². The van der Waals surface area contributed by atoms with E-state index in [1.807, 2.05) is 0 Å². The first-order chi connectivity index (χ1) is 17.9. The molecule has 228 valence electrons. The lowest BCUT2D eigenvalue weighted by Gasteiger charge is -2.34. The summed E-state index contributed by atoms with van der Waals surface area (Å²) in [6, 6.07) is 0. The van der Waals surface area contributed by atoms with Gasteiger partial charge in [0.25, 0.3) is 0 Å². The van der Waals surface area contributed by atoms with Crippen LogP contribution in [-0.4, -0.2) is 75.1 Å². The minimum Gasteiger partial charge on any atom is -0.465 e. The lowest BCUT2D eigenvalue weighted by Crippen LogP contribution is -2.40. The molecule has 0 aliphatic rings. The Morgan fingerprint density at radius 2 is 1.23 bits per heavy atom. The monoisotopic (exact) mass is 583 g/mol. The molecule has 0 saturated heterocycles. The number of likely N-dealkylation sites (N-methyl/N-ethyl adjacent to an activating group) is 1. The molecule has 14 nitrogen and oxygen atoms in total. The van der Waals surface area contributed by atoms with Gasteiger partial charge in [0.15, 0.2) is 0 Å². The molecule has 0 aromatic rings. The molecule has 0 spiro atoms. The minimum absolute atomic E-state index is 0.0907. The quantitative estimate of drug-likeness (QED) is 0.0737. The van der Waals surface area contributed by atoms with Gasteiger partial charge in [0.2, 0.25) is 18.5 Å². The first-order valence-corrected chi connectivity index (χ1v) is 14.2. The molecule has 15 heteroatoms. The molecule has 0 aromatic carbocycles. The third kappa shape index (κ3) is 15.0. The van der Waals surface area contributed by atoms with Crippen LogP contribution in [0.4, 0.5) is 9.59 Å². The summed E-state index contributed by atoms with van der Waals surface area (Å²) in [6.45, 7) is 15.1. The fraction of sp³-hybridized carbons (Fsp3) is 0.833. The predicted octanol–water partition coefficient (Wildman–Crippen LogP) is 4.81. The Morgan fingerprint density at radius 3 is 1.56 bits per heavy atom. The van der Waals surface area contributed by atoms with Gasteiger partial charge < -0.3 is 34.3 Å². The third-order valence-corrected chi connectivity index (χ3v) is 5.78. The zero-order chi connectivity index (χ0) is 30.4. The number of carbonyl (C=O) groups excluding carboxylic acids is 3. The van der Waals surface area contributed by atoms with Crippen LogP contribution in [0, 0.1) is 10.8 Å². The van der Waals surface area contributed by atoms with Crippen LogP contribution in [0.1, 0.15) is 75.2 Å². The van der Waals surface area contributed by atoms with Crippen molar-refractivity contribution in [3.05, 3.63) is 0 Å². The molecule has 2 atom stereocenters. The maximum Gasteiger partial charge on any atom is 0.510 e. The molecular formula is C24H46N3O11P. The summed E-state index contributed by atoms with van der Waals surface area (Å²) in [6.07, 6.45) is -4.05. The van der Waals surface area contributed by atoms with Crippen LogP contribution < -0.4 is 5.73 Å². The molecule has 0 rings (SSSR count). The van der Waals surface area contributed by atoms with E-state index in [4.69, 9.17) is 38.5 Å². The molecule has 0 aliphatic carbocycles. The number of esters is 1. The Hall–Kier alpha value is -2.57. The normalized spacial score (nSPS) is 15.4. The molecule has 0 heterocycles. The van der Waals surface area contributed by atoms with Gasteiger partial charge in [0, 0.05) is 17.9 Å². The van der Waals surface area contributed by atoms with Gasteiger partial charge in [0.1, 0.15) is 6.54 Å². The molecule has 0 radical (unpaired) electrons. The Kier molecular flexibility index (Phi) is 15.4. The molecule has 0 aromatic heterocycles. The average Bonchev–Trinajstić information content (AvgIpc) is 2.79. The van der Waals surface area contributed by atoms with Gasteiger partial charge in [-0.2, -0.15) is 0 Å². The smallest absolute Gasteiger partial charge is 0.465 e. The van der Waals surface area contributed by atoms with Crippen LogP contribution in [0.15, 0.2) is 4.76 Å². The second-order valence-electron chi connectivity index (χ2n) is 10.6. The number of carbonyl (C=O) groups is 3. The molecule has 0 aliphatic heterocycles. The number of rotatable bonds is 14. The van der Waals surface area contributed by atoms with Crippen molar-refractivity contribution in [1.29, 1.82) is 0 Å². The number of guanidine groups is 1. The number of ether oxygens (including phenoxy) is 5. The topological polar surface area (TPSA) is 175 Å². The van der Waals surface area contributed by atoms with Crippen molar-refractivity contribution in [2.24, 2.45) is 21.3 Å². The molecule has 2 unspecified atom stereocenters. The maximum atomic E-state index is 14.1. The lowest BCUT2D eigenvalue weighted by molar-refractivity contribution is -0.152. The summed E-state index contributed by atoms with van der Waals surface area (Å²) in [7, 11) is -3.35. The summed E-state index contributed by atoms with van der Waals surface area (Å²) in [5, 5.41) is 0. The highest BCUT2D eigenvalue weighted by Gasteiger charge is 2.44. The third-order valence-electron chi connectivity index (χ3n) is 4.41. The summed E-state index contributed by atoms with van der Waals surface area (Å²) < 4.78 is 54.8. The number of hydrogen-bond acceptors (Lipinski definition) is 11. The molecule has 0 bridgehead atoms. The van der Waals surface area contributed by atoms with Crippen LogP contribution in [0.5, 0.6) is 0 Å². The molecular weight excluding hydrogens is 537 g/mol. The van der Waals surface area contributed by atoms with E-state index in [1.54, 1.807) is 62.3 Å². The summed E-state index contributed by atoms with van der Waals surface area (Å²) >= 11 is 0. The maximum absolute atomic E-state index is 14.1. The van der Waals surface area contributed by atoms with Crippen LogP contribution >= 0.6 is 7.75 Å². The summed E-state index contributed by atoms with van der Waals surface area (Å²) in [4.78, 5) is 37.5. The van der Waals surface area contributed by atoms with Crippen molar-refractivity contribution in [3.8, 4) is 0 Å². The van der Waals surface area contributed by atoms with Gasteiger partial charge in [0.05, 0.1) is 19.8 Å². The number of nitrogens with two attached hydrogens (primary N) is 1. The summed E-state index contributed by atoms with van der Waals surface area (Å²) in [5.41, 5.74) is 4.11. The van der Waals surface area contributed by atoms with Crippen LogP contribution in [0.3, 0.4) is 0 Å². The SMILES string of the molecule is CCCOC(=O)OC(OP(=O)(N=C(N)N(C)CC(=O)OCC)OC(OC(=O)OCCC)C(C)(C)C)C(C)(C)C. The largest absolute Gasteiger partial charge is 0.510 e. The second kappa shape index (κ2) is 16.5. The standard InChI is InChI=1S/C24H46N3O11P/c1-11-14-33-21(29)35-18(23(4,5)6)37-39(31,26-20(25)27(10)16-17(28)32-13-3)38-19(24(7,8)9)36-22(30)34-15-12-2/h18-19H,11-16H2,1-10H3,(H2,25,26,31). The molecule has 2 N–H and O–H groups in total. The second-order valence-corrected chi connectivity index (χ2v) is 12.2. The Bertz CT molecular complexity index is 822. The van der Waals surface area contributed by atoms with Gasteiger partial charge in [-0.15, -0.1) is 4.76 Å². The van der Waals surface area contributed by atoms with E-state index in [-0.39, 0.29) is 26.4 Å². The molecule has 39 heavy (non-hydrogen) atoms. The van der Waals surface area contributed by atoms with Gasteiger partial charge in [-0.25, -0.2) is 23.2 Å². The van der Waals surface area contributed by atoms with Crippen molar-refractivity contribution >= 4 is 32.0 Å². The lowest BCUT2D eigenvalue weighted by atomic mass is 9.96. The highest BCUT2D eigenvalue weighted by atomic mass is 31.2. The van der Waals surface area contributed by atoms with Gasteiger partial charge in [-0.05, 0) is 19.8 Å². The van der Waals surface area contributed by atoms with E-state index in [0.29, 0.717) is 12.8 Å². The fourth-order valence-corrected chi connectivity index (χ4v) is 4.07. The first kappa shape index (κ1) is 36.4. The van der Waals surface area contributed by atoms with E-state index < -0.39 is 55.4 Å². The first-order valence-electron chi connectivity index (χ1n) is 12.7. The zero-order valence-electron chi connectivity index (χ0n) is 24.8. The van der Waals surface area contributed by atoms with Crippen LogP contribution in [-0.2, 0) is 42.1 Å². The van der Waals surface area contributed by atoms with Crippen LogP contribution in [0.25, 0.3) is 0 Å². The zero-order valence-corrected chi connectivity index (χ0v) is 25.7. The van der Waals surface area contributed by atoms with E-state index in [0.717, 1.165) is 4.90 Å². The molecule has 0 saturated carbocycles. The van der Waals surface area contributed by atoms with Crippen molar-refractivity contribution in [2.75, 3.05) is 33.4 Å². The highest BCUT2D eigenvalue weighted by molar-refractivity contribution is 7.52. The van der Waals surface area contributed by atoms with Crippen LogP contribution in [0.2, 0.25) is 0 Å². The van der Waals surface area contributed by atoms with E-state index in [9.17, 15) is 18.9 Å². The highest BCUT2D eigenvalue weighted by Crippen LogP contribution is 2.56. The Balaban J connectivity index is 6.43. The summed E-state index contributed by atoms with van der Waals surface area (Å²) in [5.74, 6) is -1.03. The molecule has 0 fully saturated rings. The fourth-order valence-electron chi connectivity index (χ4n) is 2.32. The van der Waals surface area contributed by atoms with Crippen molar-refractivity contribution in [1.82, 2.24) is 4.90 Å². The number of hydrogen-bond donors (Lipinski definition) is 1. The van der Waals surface area contributed by atoms with Gasteiger partial charge in [-0.1, -0.05) is 55.4 Å². The van der Waals surface area contributed by atoms with Crippen molar-refractivity contribution in [3.63, 3.8) is 0 Å². The van der Waals surface area contributed by atoms with Gasteiger partial charge in [-0.3, -0.25) is 4.79 Å². The Labute approximate surface area is 231 Å². The van der Waals surface area contributed by atoms with E-state index in [2.05, 4.69) is 4.76 Å².